The van der Waals surface area contributed by atoms with Gasteiger partial charge in [0.25, 0.3) is 0 Å². The minimum atomic E-state index is -0.300. The fourth-order valence-electron chi connectivity index (χ4n) is 3.95. The zero-order chi connectivity index (χ0) is 21.4. The van der Waals surface area contributed by atoms with E-state index in [1.807, 2.05) is 0 Å². The van der Waals surface area contributed by atoms with Crippen molar-refractivity contribution in [1.29, 1.82) is 0 Å². The van der Waals surface area contributed by atoms with E-state index in [0.717, 1.165) is 30.7 Å². The molecule has 156 valence electrons. The lowest BCUT2D eigenvalue weighted by molar-refractivity contribution is 0.419. The lowest BCUT2D eigenvalue weighted by atomic mass is 9.99. The highest BCUT2D eigenvalue weighted by Crippen LogP contribution is 2.38. The first-order chi connectivity index (χ1) is 15.1. The summed E-state index contributed by atoms with van der Waals surface area (Å²) in [6.07, 6.45) is 0.921. The molecule has 0 atom stereocenters. The third kappa shape index (κ3) is 3.75. The smallest absolute Gasteiger partial charge is 0.229 e. The largest absolute Gasteiger partial charge is 0.494 e. The van der Waals surface area contributed by atoms with Crippen LogP contribution in [0.25, 0.3) is 10.9 Å². The van der Waals surface area contributed by atoms with Crippen LogP contribution in [0.5, 0.6) is 5.75 Å². The summed E-state index contributed by atoms with van der Waals surface area (Å²) in [6.45, 7) is 1.54. The molecule has 0 unspecified atom stereocenters. The monoisotopic (exact) mass is 434 g/mol. The quantitative estimate of drug-likeness (QED) is 0.444. The van der Waals surface area contributed by atoms with Crippen molar-refractivity contribution in [2.24, 2.45) is 0 Å². The molecular weight excluding hydrogens is 415 g/mol. The number of ether oxygens (including phenoxy) is 1. The van der Waals surface area contributed by atoms with Gasteiger partial charge in [-0.3, -0.25) is 0 Å². The molecule has 31 heavy (non-hydrogen) atoms. The van der Waals surface area contributed by atoms with E-state index < -0.39 is 0 Å². The predicted octanol–water partition coefficient (Wildman–Crippen LogP) is 5.74. The van der Waals surface area contributed by atoms with Crippen molar-refractivity contribution in [3.05, 3.63) is 82.6 Å². The molecule has 1 aliphatic rings. The van der Waals surface area contributed by atoms with Gasteiger partial charge in [0.15, 0.2) is 0 Å². The van der Waals surface area contributed by atoms with E-state index >= 15 is 0 Å². The molecule has 4 aromatic rings. The normalized spacial score (nSPS) is 13.2. The number of benzene rings is 3. The Bertz CT molecular complexity index is 1260. The molecule has 5 nitrogen and oxygen atoms in total. The SMILES string of the molecule is COc1ccc(Cl)c2c(N3CCc4ccccc4C3)nc(Nc3ccc(F)cc3)nc12. The molecule has 0 saturated heterocycles. The van der Waals surface area contributed by atoms with Crippen molar-refractivity contribution >= 4 is 40.0 Å². The van der Waals surface area contributed by atoms with Crippen LogP contribution >= 0.6 is 11.6 Å². The van der Waals surface area contributed by atoms with E-state index in [2.05, 4.69) is 39.5 Å². The predicted molar refractivity (Wildman–Crippen MR) is 122 cm³/mol. The van der Waals surface area contributed by atoms with Gasteiger partial charge in [0, 0.05) is 18.8 Å². The number of hydrogen-bond donors (Lipinski definition) is 1. The van der Waals surface area contributed by atoms with Crippen molar-refractivity contribution in [3.63, 3.8) is 0 Å². The number of halogens is 2. The van der Waals surface area contributed by atoms with Gasteiger partial charge in [-0.15, -0.1) is 0 Å². The zero-order valence-corrected chi connectivity index (χ0v) is 17.7. The average Bonchev–Trinajstić information content (AvgIpc) is 2.80. The number of fused-ring (bicyclic) bond motifs is 2. The molecule has 0 spiro atoms. The van der Waals surface area contributed by atoms with Crippen molar-refractivity contribution in [1.82, 2.24) is 9.97 Å². The molecule has 2 heterocycles. The van der Waals surface area contributed by atoms with Crippen LogP contribution in [0.15, 0.2) is 60.7 Å². The second-order valence-electron chi connectivity index (χ2n) is 7.42. The lowest BCUT2D eigenvalue weighted by Gasteiger charge is -2.31. The molecule has 0 aliphatic carbocycles. The van der Waals surface area contributed by atoms with Crippen LogP contribution in [0.1, 0.15) is 11.1 Å². The van der Waals surface area contributed by atoms with Crippen LogP contribution in [0.3, 0.4) is 0 Å². The second-order valence-corrected chi connectivity index (χ2v) is 7.82. The van der Waals surface area contributed by atoms with E-state index in [1.54, 1.807) is 31.4 Å². The average molecular weight is 435 g/mol. The molecule has 0 saturated carbocycles. The van der Waals surface area contributed by atoms with Gasteiger partial charge in [0.2, 0.25) is 5.95 Å². The molecular formula is C24H20ClFN4O. The topological polar surface area (TPSA) is 50.3 Å². The molecule has 5 rings (SSSR count). The number of nitrogens with zero attached hydrogens (tertiary/aromatic N) is 3. The summed E-state index contributed by atoms with van der Waals surface area (Å²) in [5.41, 5.74) is 3.94. The summed E-state index contributed by atoms with van der Waals surface area (Å²) in [7, 11) is 1.61. The Balaban J connectivity index is 1.64. The van der Waals surface area contributed by atoms with Gasteiger partial charge in [-0.05, 0) is 53.9 Å². The van der Waals surface area contributed by atoms with E-state index in [1.165, 1.54) is 23.3 Å². The summed E-state index contributed by atoms with van der Waals surface area (Å²) >= 11 is 6.62. The van der Waals surface area contributed by atoms with Gasteiger partial charge in [-0.1, -0.05) is 35.9 Å². The first-order valence-corrected chi connectivity index (χ1v) is 10.4. The Morgan fingerprint density at radius 2 is 1.77 bits per heavy atom. The van der Waals surface area contributed by atoms with Crippen LogP contribution in [0.4, 0.5) is 21.8 Å². The summed E-state index contributed by atoms with van der Waals surface area (Å²) in [4.78, 5) is 11.7. The van der Waals surface area contributed by atoms with E-state index in [0.29, 0.717) is 27.9 Å². The van der Waals surface area contributed by atoms with Gasteiger partial charge >= 0.3 is 0 Å². The van der Waals surface area contributed by atoms with Crippen molar-refractivity contribution in [2.45, 2.75) is 13.0 Å². The van der Waals surface area contributed by atoms with Crippen molar-refractivity contribution in [3.8, 4) is 5.75 Å². The van der Waals surface area contributed by atoms with Crippen molar-refractivity contribution in [2.75, 3.05) is 23.9 Å². The number of anilines is 3. The minimum absolute atomic E-state index is 0.300. The number of rotatable bonds is 4. The van der Waals surface area contributed by atoms with Crippen molar-refractivity contribution < 1.29 is 9.13 Å². The maximum atomic E-state index is 13.3. The number of methoxy groups -OCH3 is 1. The summed E-state index contributed by atoms with van der Waals surface area (Å²) in [6, 6.07) is 18.1. The number of hydrogen-bond acceptors (Lipinski definition) is 5. The fourth-order valence-corrected chi connectivity index (χ4v) is 4.18. The fraction of sp³-hybridized carbons (Fsp3) is 0.167. The summed E-state index contributed by atoms with van der Waals surface area (Å²) in [5, 5.41) is 4.50. The summed E-state index contributed by atoms with van der Waals surface area (Å²) < 4.78 is 18.9. The number of nitrogens with one attached hydrogen (secondary N) is 1. The molecule has 1 aliphatic heterocycles. The maximum absolute atomic E-state index is 13.3. The highest BCUT2D eigenvalue weighted by atomic mass is 35.5. The molecule has 1 N–H and O–H groups in total. The van der Waals surface area contributed by atoms with Gasteiger partial charge in [-0.2, -0.15) is 4.98 Å². The first-order valence-electron chi connectivity index (χ1n) is 10.0. The molecule has 7 heteroatoms. The van der Waals surface area contributed by atoms with Crippen LogP contribution in [0.2, 0.25) is 5.02 Å². The van der Waals surface area contributed by atoms with Crippen LogP contribution in [-0.4, -0.2) is 23.6 Å². The molecule has 3 aromatic carbocycles. The standard InChI is InChI=1S/C24H20ClFN4O/c1-31-20-11-10-19(25)21-22(20)28-24(27-18-8-6-17(26)7-9-18)29-23(21)30-13-12-15-4-2-3-5-16(15)14-30/h2-11H,12-14H2,1H3,(H,27,28,29). The maximum Gasteiger partial charge on any atom is 0.229 e. The Morgan fingerprint density at radius 3 is 2.55 bits per heavy atom. The molecule has 0 amide bonds. The molecule has 1 aromatic heterocycles. The highest BCUT2D eigenvalue weighted by Gasteiger charge is 2.23. The molecule has 0 fully saturated rings. The molecule has 0 bridgehead atoms. The van der Waals surface area contributed by atoms with E-state index in [9.17, 15) is 4.39 Å². The summed E-state index contributed by atoms with van der Waals surface area (Å²) in [5.74, 6) is 1.45. The second kappa shape index (κ2) is 8.04. The third-order valence-electron chi connectivity index (χ3n) is 5.49. The van der Waals surface area contributed by atoms with E-state index in [4.69, 9.17) is 21.3 Å². The highest BCUT2D eigenvalue weighted by molar-refractivity contribution is 6.36. The van der Waals surface area contributed by atoms with E-state index in [-0.39, 0.29) is 5.82 Å². The minimum Gasteiger partial charge on any atom is -0.494 e. The van der Waals surface area contributed by atoms with Crippen LogP contribution in [0, 0.1) is 5.82 Å². The lowest BCUT2D eigenvalue weighted by Crippen LogP contribution is -2.31. The van der Waals surface area contributed by atoms with Gasteiger partial charge < -0.3 is 15.0 Å². The molecule has 0 radical (unpaired) electrons. The Kier molecular flexibility index (Phi) is 5.08. The van der Waals surface area contributed by atoms with Crippen LogP contribution in [-0.2, 0) is 13.0 Å². The zero-order valence-electron chi connectivity index (χ0n) is 16.9. The van der Waals surface area contributed by atoms with Gasteiger partial charge in [-0.25, -0.2) is 9.37 Å². The third-order valence-corrected chi connectivity index (χ3v) is 5.81. The Morgan fingerprint density at radius 1 is 1.00 bits per heavy atom. The van der Waals surface area contributed by atoms with Gasteiger partial charge in [0.1, 0.15) is 22.9 Å². The van der Waals surface area contributed by atoms with Crippen LogP contribution < -0.4 is 15.0 Å². The van der Waals surface area contributed by atoms with Gasteiger partial charge in [0.05, 0.1) is 17.5 Å². The Hall–Kier alpha value is -3.38. The first kappa shape index (κ1) is 19.6. The number of aromatic nitrogens is 2. The Labute approximate surface area is 184 Å².